The fourth-order valence-corrected chi connectivity index (χ4v) is 5.09. The van der Waals surface area contributed by atoms with E-state index in [1.807, 2.05) is 23.3 Å². The Balaban J connectivity index is 1.10. The molecule has 3 aliphatic rings. The molecule has 33 heavy (non-hydrogen) atoms. The summed E-state index contributed by atoms with van der Waals surface area (Å²) in [5.41, 5.74) is 5.14. The predicted molar refractivity (Wildman–Crippen MR) is 114 cm³/mol. The van der Waals surface area contributed by atoms with Crippen LogP contribution in [0.2, 0.25) is 0 Å². The minimum atomic E-state index is -2.52. The summed E-state index contributed by atoms with van der Waals surface area (Å²) >= 11 is 0. The first-order valence-corrected chi connectivity index (χ1v) is 11.1. The molecular weight excluding hydrogens is 430 g/mol. The highest BCUT2D eigenvalue weighted by Gasteiger charge is 2.72. The SMILES string of the molecule is Cc1nc(N2CC3C(C2)C3(F)F)ncc1Cn1cnc(C(=O)NC2CCc3c2n[nH]c3C)c1. The van der Waals surface area contributed by atoms with Gasteiger partial charge in [-0.05, 0) is 32.3 Å². The van der Waals surface area contributed by atoms with Gasteiger partial charge in [-0.1, -0.05) is 0 Å². The van der Waals surface area contributed by atoms with Crippen molar-refractivity contribution in [2.24, 2.45) is 11.8 Å². The highest BCUT2D eigenvalue weighted by Crippen LogP contribution is 2.59. The van der Waals surface area contributed by atoms with Crippen LogP contribution in [0, 0.1) is 25.7 Å². The van der Waals surface area contributed by atoms with E-state index in [0.29, 0.717) is 31.3 Å². The molecule has 4 heterocycles. The number of aromatic nitrogens is 6. The number of H-pyrrole nitrogens is 1. The molecule has 1 saturated heterocycles. The summed E-state index contributed by atoms with van der Waals surface area (Å²) in [4.78, 5) is 27.7. The second-order valence-electron chi connectivity index (χ2n) is 9.28. The zero-order valence-corrected chi connectivity index (χ0v) is 18.3. The number of carbonyl (C=O) groups is 1. The van der Waals surface area contributed by atoms with E-state index in [0.717, 1.165) is 35.5 Å². The second kappa shape index (κ2) is 7.06. The third kappa shape index (κ3) is 3.28. The van der Waals surface area contributed by atoms with Crippen molar-refractivity contribution in [3.8, 4) is 0 Å². The first-order chi connectivity index (χ1) is 15.8. The van der Waals surface area contributed by atoms with Gasteiger partial charge >= 0.3 is 0 Å². The van der Waals surface area contributed by atoms with Crippen molar-refractivity contribution < 1.29 is 13.6 Å². The molecule has 2 aliphatic carbocycles. The zero-order valence-electron chi connectivity index (χ0n) is 18.3. The lowest BCUT2D eigenvalue weighted by Gasteiger charge is -2.20. The van der Waals surface area contributed by atoms with Crippen molar-refractivity contribution in [1.82, 2.24) is 35.0 Å². The van der Waals surface area contributed by atoms with Crippen molar-refractivity contribution in [2.45, 2.75) is 45.2 Å². The lowest BCUT2D eigenvalue weighted by atomic mass is 10.2. The quantitative estimate of drug-likeness (QED) is 0.612. The smallest absolute Gasteiger partial charge is 0.272 e. The van der Waals surface area contributed by atoms with Crippen LogP contribution in [0.1, 0.15) is 51.2 Å². The normalized spacial score (nSPS) is 24.6. The van der Waals surface area contributed by atoms with E-state index in [-0.39, 0.29) is 11.9 Å². The first kappa shape index (κ1) is 20.3. The number of piperidine rings is 1. The summed E-state index contributed by atoms with van der Waals surface area (Å²) in [6, 6.07) is -0.109. The van der Waals surface area contributed by atoms with Gasteiger partial charge in [-0.2, -0.15) is 5.10 Å². The fraction of sp³-hybridized carbons (Fsp3) is 0.500. The highest BCUT2D eigenvalue weighted by atomic mass is 19.3. The summed E-state index contributed by atoms with van der Waals surface area (Å²) in [6.45, 7) is 4.93. The Labute approximate surface area is 188 Å². The van der Waals surface area contributed by atoms with Crippen LogP contribution in [-0.2, 0) is 13.0 Å². The molecule has 172 valence electrons. The number of nitrogens with zero attached hydrogens (tertiary/aromatic N) is 6. The van der Waals surface area contributed by atoms with Gasteiger partial charge in [0.15, 0.2) is 0 Å². The van der Waals surface area contributed by atoms with Crippen LogP contribution in [0.3, 0.4) is 0 Å². The number of hydrogen-bond acceptors (Lipinski definition) is 6. The third-order valence-corrected chi connectivity index (χ3v) is 7.19. The number of rotatable bonds is 5. The molecule has 1 amide bonds. The molecule has 6 rings (SSSR count). The molecule has 1 aliphatic heterocycles. The maximum Gasteiger partial charge on any atom is 0.272 e. The number of imidazole rings is 1. The van der Waals surface area contributed by atoms with Crippen LogP contribution >= 0.6 is 0 Å². The molecule has 3 aromatic heterocycles. The van der Waals surface area contributed by atoms with Gasteiger partial charge in [0, 0.05) is 42.4 Å². The highest BCUT2D eigenvalue weighted by molar-refractivity contribution is 5.92. The van der Waals surface area contributed by atoms with Gasteiger partial charge in [0.2, 0.25) is 5.95 Å². The lowest BCUT2D eigenvalue weighted by Crippen LogP contribution is -2.29. The molecule has 0 aromatic carbocycles. The van der Waals surface area contributed by atoms with E-state index in [4.69, 9.17) is 0 Å². The van der Waals surface area contributed by atoms with Gasteiger partial charge in [0.1, 0.15) is 5.69 Å². The molecule has 3 atom stereocenters. The summed E-state index contributed by atoms with van der Waals surface area (Å²) in [5, 5.41) is 10.3. The van der Waals surface area contributed by atoms with Gasteiger partial charge < -0.3 is 14.8 Å². The minimum absolute atomic E-state index is 0.109. The average molecular weight is 454 g/mol. The summed E-state index contributed by atoms with van der Waals surface area (Å²) in [6.07, 6.45) is 6.76. The van der Waals surface area contributed by atoms with Gasteiger partial charge in [-0.25, -0.2) is 23.7 Å². The van der Waals surface area contributed by atoms with Gasteiger partial charge in [0.05, 0.1) is 36.4 Å². The lowest BCUT2D eigenvalue weighted by molar-refractivity contribution is 0.0795. The number of aromatic amines is 1. The Morgan fingerprint density at radius 1 is 1.27 bits per heavy atom. The molecule has 2 N–H and O–H groups in total. The molecule has 0 spiro atoms. The molecule has 11 heteroatoms. The number of anilines is 1. The molecule has 1 saturated carbocycles. The molecule has 9 nitrogen and oxygen atoms in total. The van der Waals surface area contributed by atoms with E-state index in [2.05, 4.69) is 30.5 Å². The number of nitrogens with one attached hydrogen (secondary N) is 2. The number of fused-ring (bicyclic) bond motifs is 2. The minimum Gasteiger partial charge on any atom is -0.342 e. The Morgan fingerprint density at radius 3 is 2.82 bits per heavy atom. The Morgan fingerprint density at radius 2 is 2.06 bits per heavy atom. The van der Waals surface area contributed by atoms with E-state index in [1.54, 1.807) is 18.7 Å². The van der Waals surface area contributed by atoms with Crippen LogP contribution in [-0.4, -0.2) is 54.6 Å². The Bertz CT molecular complexity index is 1240. The van der Waals surface area contributed by atoms with Crippen molar-refractivity contribution in [2.75, 3.05) is 18.0 Å². The molecule has 0 radical (unpaired) electrons. The van der Waals surface area contributed by atoms with Gasteiger partial charge in [-0.15, -0.1) is 0 Å². The topological polar surface area (TPSA) is 105 Å². The maximum absolute atomic E-state index is 13.4. The van der Waals surface area contributed by atoms with Gasteiger partial charge in [0.25, 0.3) is 11.8 Å². The Hall–Kier alpha value is -3.37. The number of aryl methyl sites for hydroxylation is 2. The molecule has 3 aromatic rings. The van der Waals surface area contributed by atoms with Crippen LogP contribution < -0.4 is 10.2 Å². The van der Waals surface area contributed by atoms with Crippen LogP contribution in [0.5, 0.6) is 0 Å². The molecule has 0 bridgehead atoms. The van der Waals surface area contributed by atoms with E-state index in [9.17, 15) is 13.6 Å². The van der Waals surface area contributed by atoms with Crippen LogP contribution in [0.15, 0.2) is 18.7 Å². The van der Waals surface area contributed by atoms with E-state index >= 15 is 0 Å². The zero-order chi connectivity index (χ0) is 22.9. The molecular formula is C22H24F2N8O. The molecule has 3 unspecified atom stereocenters. The van der Waals surface area contributed by atoms with Crippen molar-refractivity contribution in [3.05, 3.63) is 52.6 Å². The van der Waals surface area contributed by atoms with Crippen molar-refractivity contribution >= 4 is 11.9 Å². The number of carbonyl (C=O) groups excluding carboxylic acids is 1. The first-order valence-electron chi connectivity index (χ1n) is 11.1. The Kier molecular flexibility index (Phi) is 4.33. The van der Waals surface area contributed by atoms with E-state index < -0.39 is 17.8 Å². The van der Waals surface area contributed by atoms with E-state index in [1.165, 1.54) is 5.56 Å². The largest absolute Gasteiger partial charge is 0.342 e. The van der Waals surface area contributed by atoms with Gasteiger partial charge in [-0.3, -0.25) is 9.89 Å². The summed E-state index contributed by atoms with van der Waals surface area (Å²) in [7, 11) is 0. The van der Waals surface area contributed by atoms with Crippen LogP contribution in [0.25, 0.3) is 0 Å². The van der Waals surface area contributed by atoms with Crippen molar-refractivity contribution in [1.29, 1.82) is 0 Å². The number of halogens is 2. The second-order valence-corrected chi connectivity index (χ2v) is 9.28. The van der Waals surface area contributed by atoms with Crippen molar-refractivity contribution in [3.63, 3.8) is 0 Å². The monoisotopic (exact) mass is 454 g/mol. The fourth-order valence-electron chi connectivity index (χ4n) is 5.09. The average Bonchev–Trinajstić information content (AvgIpc) is 3.41. The molecule has 2 fully saturated rings. The van der Waals surface area contributed by atoms with Crippen LogP contribution in [0.4, 0.5) is 14.7 Å². The summed E-state index contributed by atoms with van der Waals surface area (Å²) < 4.78 is 28.7. The number of amides is 1. The maximum atomic E-state index is 13.4. The predicted octanol–water partition coefficient (Wildman–Crippen LogP) is 2.18. The number of alkyl halides is 2. The third-order valence-electron chi connectivity index (χ3n) is 7.19. The summed E-state index contributed by atoms with van der Waals surface area (Å²) in [5.74, 6) is -3.39. The number of hydrogen-bond donors (Lipinski definition) is 2. The standard InChI is InChI=1S/C22H24F2N8O/c1-11-13(5-25-21(27-11)32-7-15-16(8-32)22(15,23)24)6-31-9-18(26-10-31)20(33)28-17-4-3-14-12(2)29-30-19(14)17/h5,9-10,15-17H,3-4,6-8H2,1-2H3,(H,28,33)(H,29,30).